The topological polar surface area (TPSA) is 38.3 Å². The summed E-state index contributed by atoms with van der Waals surface area (Å²) in [5.74, 6) is 0.405. The van der Waals surface area contributed by atoms with E-state index in [0.29, 0.717) is 5.92 Å². The first kappa shape index (κ1) is 11.1. The monoisotopic (exact) mass is 197 g/mol. The number of carbonyl (C=O) groups excluding carboxylic acids is 1. The maximum atomic E-state index is 11.4. The predicted octanol–water partition coefficient (Wildman–Crippen LogP) is 2.48. The number of hydrogen-bond acceptors (Lipinski definition) is 2. The van der Waals surface area contributed by atoms with Crippen molar-refractivity contribution < 1.29 is 9.53 Å². The molecular formula is C11H19NO2. The predicted molar refractivity (Wildman–Crippen MR) is 56.1 cm³/mol. The lowest BCUT2D eigenvalue weighted by Gasteiger charge is -2.23. The lowest BCUT2D eigenvalue weighted by molar-refractivity contribution is 0.0497. The molecule has 0 bridgehead atoms. The van der Waals surface area contributed by atoms with Crippen molar-refractivity contribution in [2.45, 2.75) is 45.8 Å². The van der Waals surface area contributed by atoms with Crippen LogP contribution < -0.4 is 5.32 Å². The molecule has 0 heterocycles. The molecule has 1 aliphatic rings. The van der Waals surface area contributed by atoms with Crippen molar-refractivity contribution >= 4 is 6.09 Å². The third kappa shape index (κ3) is 3.40. The SMILES string of the molecule is CC1C=CCC1NC(=O)OC(C)(C)C. The zero-order valence-electron chi connectivity index (χ0n) is 9.33. The van der Waals surface area contributed by atoms with Crippen LogP contribution in [-0.4, -0.2) is 17.7 Å². The molecule has 3 heteroatoms. The molecule has 3 nitrogen and oxygen atoms in total. The average Bonchev–Trinajstić information content (AvgIpc) is 2.32. The first-order chi connectivity index (χ1) is 6.38. The van der Waals surface area contributed by atoms with Crippen LogP contribution in [0.15, 0.2) is 12.2 Å². The van der Waals surface area contributed by atoms with Crippen molar-refractivity contribution in [3.8, 4) is 0 Å². The molecule has 1 aliphatic carbocycles. The van der Waals surface area contributed by atoms with Crippen molar-refractivity contribution in [2.75, 3.05) is 0 Å². The summed E-state index contributed by atoms with van der Waals surface area (Å²) < 4.78 is 5.17. The Bertz CT molecular complexity index is 240. The molecule has 0 aromatic carbocycles. The van der Waals surface area contributed by atoms with Crippen LogP contribution in [0.3, 0.4) is 0 Å². The molecule has 1 N–H and O–H groups in total. The van der Waals surface area contributed by atoms with Gasteiger partial charge in [-0.15, -0.1) is 0 Å². The van der Waals surface area contributed by atoms with E-state index in [4.69, 9.17) is 4.74 Å². The summed E-state index contributed by atoms with van der Waals surface area (Å²) in [5, 5.41) is 2.86. The minimum absolute atomic E-state index is 0.199. The quantitative estimate of drug-likeness (QED) is 0.656. The minimum Gasteiger partial charge on any atom is -0.444 e. The van der Waals surface area contributed by atoms with Crippen molar-refractivity contribution in [3.05, 3.63) is 12.2 Å². The van der Waals surface area contributed by atoms with Crippen LogP contribution in [0.5, 0.6) is 0 Å². The number of ether oxygens (including phenoxy) is 1. The van der Waals surface area contributed by atoms with Crippen LogP contribution >= 0.6 is 0 Å². The molecule has 2 unspecified atom stereocenters. The molecule has 1 rings (SSSR count). The zero-order chi connectivity index (χ0) is 10.8. The van der Waals surface area contributed by atoms with Gasteiger partial charge >= 0.3 is 6.09 Å². The first-order valence-electron chi connectivity index (χ1n) is 5.04. The normalized spacial score (nSPS) is 26.3. The fourth-order valence-corrected chi connectivity index (χ4v) is 1.44. The molecule has 1 amide bonds. The Labute approximate surface area is 85.5 Å². The van der Waals surface area contributed by atoms with Gasteiger partial charge in [-0.2, -0.15) is 0 Å². The lowest BCUT2D eigenvalue weighted by atomic mass is 10.1. The number of carbonyl (C=O) groups is 1. The van der Waals surface area contributed by atoms with E-state index in [1.807, 2.05) is 20.8 Å². The van der Waals surface area contributed by atoms with Gasteiger partial charge < -0.3 is 10.1 Å². The van der Waals surface area contributed by atoms with Crippen molar-refractivity contribution in [1.29, 1.82) is 0 Å². The lowest BCUT2D eigenvalue weighted by Crippen LogP contribution is -2.40. The van der Waals surface area contributed by atoms with Crippen molar-refractivity contribution in [2.24, 2.45) is 5.92 Å². The Balaban J connectivity index is 2.35. The maximum absolute atomic E-state index is 11.4. The Morgan fingerprint density at radius 2 is 2.14 bits per heavy atom. The molecule has 80 valence electrons. The highest BCUT2D eigenvalue weighted by molar-refractivity contribution is 5.68. The van der Waals surface area contributed by atoms with Gasteiger partial charge in [0.1, 0.15) is 5.60 Å². The molecule has 0 aromatic rings. The van der Waals surface area contributed by atoms with E-state index >= 15 is 0 Å². The molecule has 0 aliphatic heterocycles. The third-order valence-electron chi connectivity index (χ3n) is 2.17. The van der Waals surface area contributed by atoms with Gasteiger partial charge in [0, 0.05) is 6.04 Å². The van der Waals surface area contributed by atoms with Crippen LogP contribution in [0.1, 0.15) is 34.1 Å². The van der Waals surface area contributed by atoms with E-state index in [2.05, 4.69) is 24.4 Å². The van der Waals surface area contributed by atoms with Crippen LogP contribution in [0.25, 0.3) is 0 Å². The number of alkyl carbamates (subject to hydrolysis) is 1. The molecule has 0 radical (unpaired) electrons. The van der Waals surface area contributed by atoms with Crippen LogP contribution in [0.4, 0.5) is 4.79 Å². The summed E-state index contributed by atoms with van der Waals surface area (Å²) >= 11 is 0. The number of rotatable bonds is 1. The van der Waals surface area contributed by atoms with E-state index in [1.165, 1.54) is 0 Å². The van der Waals surface area contributed by atoms with Crippen LogP contribution in [-0.2, 0) is 4.74 Å². The smallest absolute Gasteiger partial charge is 0.407 e. The summed E-state index contributed by atoms with van der Waals surface area (Å²) in [5.41, 5.74) is -0.417. The van der Waals surface area contributed by atoms with Gasteiger partial charge in [-0.05, 0) is 33.1 Å². The van der Waals surface area contributed by atoms with Gasteiger partial charge in [-0.1, -0.05) is 19.1 Å². The van der Waals surface area contributed by atoms with Crippen molar-refractivity contribution in [3.63, 3.8) is 0 Å². The second-order valence-electron chi connectivity index (χ2n) is 4.78. The fourth-order valence-electron chi connectivity index (χ4n) is 1.44. The summed E-state index contributed by atoms with van der Waals surface area (Å²) in [4.78, 5) is 11.4. The van der Waals surface area contributed by atoms with Gasteiger partial charge in [-0.25, -0.2) is 4.79 Å². The highest BCUT2D eigenvalue weighted by Crippen LogP contribution is 2.17. The van der Waals surface area contributed by atoms with Gasteiger partial charge in [0.25, 0.3) is 0 Å². The molecule has 0 aromatic heterocycles. The van der Waals surface area contributed by atoms with Crippen molar-refractivity contribution in [1.82, 2.24) is 5.32 Å². The van der Waals surface area contributed by atoms with E-state index in [1.54, 1.807) is 0 Å². The third-order valence-corrected chi connectivity index (χ3v) is 2.17. The summed E-state index contributed by atoms with van der Waals surface area (Å²) in [6.45, 7) is 7.68. The summed E-state index contributed by atoms with van der Waals surface area (Å²) in [6, 6.07) is 0.199. The molecular weight excluding hydrogens is 178 g/mol. The van der Waals surface area contributed by atoms with E-state index < -0.39 is 5.60 Å². The van der Waals surface area contributed by atoms with Gasteiger partial charge in [0.2, 0.25) is 0 Å². The standard InChI is InChI=1S/C11H19NO2/c1-8-6-5-7-9(8)12-10(13)14-11(2,3)4/h5-6,8-9H,7H2,1-4H3,(H,12,13). The molecule has 0 fully saturated rings. The number of hydrogen-bond donors (Lipinski definition) is 1. The Morgan fingerprint density at radius 1 is 1.50 bits per heavy atom. The second-order valence-corrected chi connectivity index (χ2v) is 4.78. The highest BCUT2D eigenvalue weighted by Gasteiger charge is 2.23. The molecule has 14 heavy (non-hydrogen) atoms. The molecule has 0 spiro atoms. The molecule has 2 atom stereocenters. The Hall–Kier alpha value is -0.990. The summed E-state index contributed by atoms with van der Waals surface area (Å²) in [6.07, 6.45) is 4.79. The van der Waals surface area contributed by atoms with E-state index in [-0.39, 0.29) is 12.1 Å². The van der Waals surface area contributed by atoms with E-state index in [9.17, 15) is 4.79 Å². The maximum Gasteiger partial charge on any atom is 0.407 e. The average molecular weight is 197 g/mol. The molecule has 0 saturated heterocycles. The van der Waals surface area contributed by atoms with Crippen LogP contribution in [0.2, 0.25) is 0 Å². The summed E-state index contributed by atoms with van der Waals surface area (Å²) in [7, 11) is 0. The minimum atomic E-state index is -0.417. The fraction of sp³-hybridized carbons (Fsp3) is 0.727. The highest BCUT2D eigenvalue weighted by atomic mass is 16.6. The number of nitrogens with one attached hydrogen (secondary N) is 1. The van der Waals surface area contributed by atoms with Gasteiger partial charge in [0.05, 0.1) is 0 Å². The second kappa shape index (κ2) is 4.03. The molecule has 0 saturated carbocycles. The first-order valence-corrected chi connectivity index (χ1v) is 5.04. The van der Waals surface area contributed by atoms with Gasteiger partial charge in [-0.3, -0.25) is 0 Å². The van der Waals surface area contributed by atoms with Gasteiger partial charge in [0.15, 0.2) is 0 Å². The van der Waals surface area contributed by atoms with Crippen LogP contribution in [0, 0.1) is 5.92 Å². The van der Waals surface area contributed by atoms with E-state index in [0.717, 1.165) is 6.42 Å². The Morgan fingerprint density at radius 3 is 2.57 bits per heavy atom. The Kier molecular flexibility index (Phi) is 3.19. The zero-order valence-corrected chi connectivity index (χ0v) is 9.33. The largest absolute Gasteiger partial charge is 0.444 e. The number of amides is 1.